The van der Waals surface area contributed by atoms with Crippen molar-refractivity contribution in [2.75, 3.05) is 11.9 Å². The molecule has 2 rings (SSSR count). The summed E-state index contributed by atoms with van der Waals surface area (Å²) in [4.78, 5) is 0. The Morgan fingerprint density at radius 2 is 2.18 bits per heavy atom. The van der Waals surface area contributed by atoms with Crippen molar-refractivity contribution in [3.8, 4) is 0 Å². The average molecular weight is 219 g/mol. The third-order valence-electron chi connectivity index (χ3n) is 3.48. The molecule has 0 bridgehead atoms. The quantitative estimate of drug-likeness (QED) is 0.616. The van der Waals surface area contributed by atoms with E-state index in [1.165, 1.54) is 12.8 Å². The summed E-state index contributed by atoms with van der Waals surface area (Å²) in [7, 11) is 0. The maximum Gasteiger partial charge on any atom is 0.0678 e. The van der Waals surface area contributed by atoms with Crippen LogP contribution in [0.25, 0.3) is 0 Å². The van der Waals surface area contributed by atoms with Gasteiger partial charge in [0.1, 0.15) is 0 Å². The van der Waals surface area contributed by atoms with Gasteiger partial charge in [-0.3, -0.25) is 0 Å². The van der Waals surface area contributed by atoms with Crippen molar-refractivity contribution < 1.29 is 4.74 Å². The summed E-state index contributed by atoms with van der Waals surface area (Å²) < 4.78 is 5.67. The molecule has 1 saturated carbocycles. The molecular weight excluding hydrogens is 204 g/mol. The zero-order chi connectivity index (χ0) is 8.11. The molecule has 0 aromatic carbocycles. The highest BCUT2D eigenvalue weighted by Gasteiger charge is 2.64. The standard InChI is InChI=1S/C9H15BrO/c1-8(2)5-9(8)3-7(4-10)11-6-9/h7H,3-6H2,1-2H3/t7-,9-/m1/s1. The first-order chi connectivity index (χ1) is 5.10. The van der Waals surface area contributed by atoms with Gasteiger partial charge < -0.3 is 4.74 Å². The van der Waals surface area contributed by atoms with Crippen LogP contribution in [0.5, 0.6) is 0 Å². The van der Waals surface area contributed by atoms with Gasteiger partial charge in [-0.15, -0.1) is 0 Å². The van der Waals surface area contributed by atoms with E-state index in [4.69, 9.17) is 4.74 Å². The highest BCUT2D eigenvalue weighted by Crippen LogP contribution is 2.68. The van der Waals surface area contributed by atoms with Gasteiger partial charge in [-0.1, -0.05) is 29.8 Å². The maximum atomic E-state index is 5.67. The van der Waals surface area contributed by atoms with E-state index in [9.17, 15) is 0 Å². The fourth-order valence-electron chi connectivity index (χ4n) is 2.33. The highest BCUT2D eigenvalue weighted by molar-refractivity contribution is 9.09. The molecule has 1 heterocycles. The molecule has 1 nitrogen and oxygen atoms in total. The topological polar surface area (TPSA) is 9.23 Å². The van der Waals surface area contributed by atoms with Crippen LogP contribution in [0, 0.1) is 10.8 Å². The molecule has 0 aromatic heterocycles. The molecule has 2 atom stereocenters. The van der Waals surface area contributed by atoms with Gasteiger partial charge in [-0.25, -0.2) is 0 Å². The van der Waals surface area contributed by atoms with Crippen LogP contribution in [0.2, 0.25) is 0 Å². The second-order valence-corrected chi connectivity index (χ2v) is 5.28. The average Bonchev–Trinajstić information content (AvgIpc) is 2.35. The summed E-state index contributed by atoms with van der Waals surface area (Å²) in [5.41, 5.74) is 1.12. The molecule has 11 heavy (non-hydrogen) atoms. The molecule has 0 amide bonds. The zero-order valence-corrected chi connectivity index (χ0v) is 8.78. The highest BCUT2D eigenvalue weighted by atomic mass is 79.9. The Labute approximate surface area is 76.6 Å². The van der Waals surface area contributed by atoms with Gasteiger partial charge in [-0.05, 0) is 18.3 Å². The third-order valence-corrected chi connectivity index (χ3v) is 4.20. The van der Waals surface area contributed by atoms with Gasteiger partial charge in [0, 0.05) is 10.7 Å². The van der Waals surface area contributed by atoms with E-state index in [0.717, 1.165) is 11.9 Å². The summed E-state index contributed by atoms with van der Waals surface area (Å²) in [5, 5.41) is 1.00. The van der Waals surface area contributed by atoms with Crippen molar-refractivity contribution in [1.82, 2.24) is 0 Å². The Morgan fingerprint density at radius 1 is 1.55 bits per heavy atom. The Morgan fingerprint density at radius 3 is 2.45 bits per heavy atom. The van der Waals surface area contributed by atoms with E-state index >= 15 is 0 Å². The lowest BCUT2D eigenvalue weighted by atomic mass is 9.93. The van der Waals surface area contributed by atoms with Crippen LogP contribution in [0.4, 0.5) is 0 Å². The maximum absolute atomic E-state index is 5.67. The number of alkyl halides is 1. The summed E-state index contributed by atoms with van der Waals surface area (Å²) in [6, 6.07) is 0. The largest absolute Gasteiger partial charge is 0.377 e. The molecule has 0 unspecified atom stereocenters. The smallest absolute Gasteiger partial charge is 0.0678 e. The minimum Gasteiger partial charge on any atom is -0.377 e. The molecule has 1 saturated heterocycles. The van der Waals surface area contributed by atoms with Gasteiger partial charge in [0.15, 0.2) is 0 Å². The molecule has 2 aliphatic rings. The first-order valence-electron chi connectivity index (χ1n) is 4.27. The lowest BCUT2D eigenvalue weighted by molar-refractivity contribution is 0.118. The third kappa shape index (κ3) is 1.06. The number of rotatable bonds is 1. The Balaban J connectivity index is 2.01. The van der Waals surface area contributed by atoms with Crippen LogP contribution in [0.3, 0.4) is 0 Å². The molecular formula is C9H15BrO. The van der Waals surface area contributed by atoms with Gasteiger partial charge >= 0.3 is 0 Å². The minimum absolute atomic E-state index is 0.483. The van der Waals surface area contributed by atoms with Crippen molar-refractivity contribution in [2.45, 2.75) is 32.8 Å². The van der Waals surface area contributed by atoms with E-state index in [-0.39, 0.29) is 0 Å². The molecule has 0 N–H and O–H groups in total. The summed E-state index contributed by atoms with van der Waals surface area (Å²) >= 11 is 3.47. The van der Waals surface area contributed by atoms with Crippen LogP contribution < -0.4 is 0 Å². The van der Waals surface area contributed by atoms with Crippen LogP contribution in [0.1, 0.15) is 26.7 Å². The lowest BCUT2D eigenvalue weighted by Crippen LogP contribution is -2.09. The molecule has 2 fully saturated rings. The lowest BCUT2D eigenvalue weighted by Gasteiger charge is -2.09. The number of ether oxygens (including phenoxy) is 1. The molecule has 2 heteroatoms. The van der Waals surface area contributed by atoms with Crippen molar-refractivity contribution in [3.05, 3.63) is 0 Å². The molecule has 0 aromatic rings. The van der Waals surface area contributed by atoms with Crippen molar-refractivity contribution in [3.63, 3.8) is 0 Å². The first-order valence-corrected chi connectivity index (χ1v) is 5.39. The first kappa shape index (κ1) is 8.06. The Hall–Kier alpha value is 0.440. The SMILES string of the molecule is CC1(C)C[C@]12CO[C@@H](CBr)C2. The summed E-state index contributed by atoms with van der Waals surface area (Å²) in [6.45, 7) is 5.70. The number of hydrogen-bond acceptors (Lipinski definition) is 1. The van der Waals surface area contributed by atoms with Crippen LogP contribution in [-0.4, -0.2) is 18.0 Å². The monoisotopic (exact) mass is 218 g/mol. The van der Waals surface area contributed by atoms with Crippen molar-refractivity contribution >= 4 is 15.9 Å². The fraction of sp³-hybridized carbons (Fsp3) is 1.00. The molecule has 64 valence electrons. The predicted molar refractivity (Wildman–Crippen MR) is 49.0 cm³/mol. The van der Waals surface area contributed by atoms with Crippen LogP contribution >= 0.6 is 15.9 Å². The van der Waals surface area contributed by atoms with Gasteiger partial charge in [0.05, 0.1) is 12.7 Å². The number of hydrogen-bond donors (Lipinski definition) is 0. The minimum atomic E-state index is 0.483. The van der Waals surface area contributed by atoms with E-state index in [0.29, 0.717) is 16.9 Å². The summed E-state index contributed by atoms with van der Waals surface area (Å²) in [5.74, 6) is 0. The molecule has 1 aliphatic heterocycles. The van der Waals surface area contributed by atoms with E-state index in [2.05, 4.69) is 29.8 Å². The molecule has 0 radical (unpaired) electrons. The van der Waals surface area contributed by atoms with Gasteiger partial charge in [0.2, 0.25) is 0 Å². The Kier molecular flexibility index (Phi) is 1.63. The zero-order valence-electron chi connectivity index (χ0n) is 7.19. The van der Waals surface area contributed by atoms with E-state index < -0.39 is 0 Å². The summed E-state index contributed by atoms with van der Waals surface area (Å²) in [6.07, 6.45) is 3.12. The second kappa shape index (κ2) is 2.23. The fourth-order valence-corrected chi connectivity index (χ4v) is 2.74. The molecule has 1 spiro atoms. The number of halogens is 1. The second-order valence-electron chi connectivity index (χ2n) is 4.63. The van der Waals surface area contributed by atoms with Gasteiger partial charge in [0.25, 0.3) is 0 Å². The van der Waals surface area contributed by atoms with E-state index in [1.807, 2.05) is 0 Å². The van der Waals surface area contributed by atoms with E-state index in [1.54, 1.807) is 0 Å². The van der Waals surface area contributed by atoms with Crippen molar-refractivity contribution in [1.29, 1.82) is 0 Å². The Bertz CT molecular complexity index is 178. The predicted octanol–water partition coefficient (Wildman–Crippen LogP) is 2.59. The normalized spacial score (nSPS) is 46.6. The van der Waals surface area contributed by atoms with Gasteiger partial charge in [-0.2, -0.15) is 0 Å². The van der Waals surface area contributed by atoms with Crippen LogP contribution in [-0.2, 0) is 4.74 Å². The molecule has 1 aliphatic carbocycles. The van der Waals surface area contributed by atoms with Crippen LogP contribution in [0.15, 0.2) is 0 Å². The van der Waals surface area contributed by atoms with Crippen molar-refractivity contribution in [2.24, 2.45) is 10.8 Å².